The minimum absolute atomic E-state index is 0.130. The molecule has 1 aromatic rings. The van der Waals surface area contributed by atoms with Gasteiger partial charge in [0.15, 0.2) is 0 Å². The zero-order valence-electron chi connectivity index (χ0n) is 14.8. The molecule has 1 aliphatic rings. The van der Waals surface area contributed by atoms with Gasteiger partial charge in [0.25, 0.3) is 0 Å². The molecular weight excluding hydrogens is 304 g/mol. The second-order valence-electron chi connectivity index (χ2n) is 6.88. The number of amides is 2. The van der Waals surface area contributed by atoms with E-state index in [0.717, 1.165) is 37.9 Å². The lowest BCUT2D eigenvalue weighted by atomic mass is 9.87. The molecular formula is C19H30N2O3. The summed E-state index contributed by atoms with van der Waals surface area (Å²) in [6.45, 7) is 5.25. The molecule has 1 saturated carbocycles. The quantitative estimate of drug-likeness (QED) is 0.718. The summed E-state index contributed by atoms with van der Waals surface area (Å²) >= 11 is 0. The van der Waals surface area contributed by atoms with Crippen LogP contribution >= 0.6 is 0 Å². The lowest BCUT2D eigenvalue weighted by Gasteiger charge is -2.25. The number of hydrogen-bond donors (Lipinski definition) is 3. The predicted molar refractivity (Wildman–Crippen MR) is 95.3 cm³/mol. The molecule has 0 radical (unpaired) electrons. The van der Waals surface area contributed by atoms with Crippen LogP contribution in [0.4, 0.5) is 4.79 Å². The van der Waals surface area contributed by atoms with Gasteiger partial charge in [0.2, 0.25) is 0 Å². The minimum atomic E-state index is -0.198. The lowest BCUT2D eigenvalue weighted by molar-refractivity contribution is 0.101. The Labute approximate surface area is 144 Å². The van der Waals surface area contributed by atoms with E-state index >= 15 is 0 Å². The number of carbonyl (C=O) groups is 1. The van der Waals surface area contributed by atoms with E-state index in [1.54, 1.807) is 0 Å². The van der Waals surface area contributed by atoms with Crippen LogP contribution in [0.1, 0.15) is 45.1 Å². The van der Waals surface area contributed by atoms with Gasteiger partial charge < -0.3 is 20.5 Å². The Balaban J connectivity index is 1.61. The molecule has 1 fully saturated rings. The van der Waals surface area contributed by atoms with E-state index < -0.39 is 0 Å². The van der Waals surface area contributed by atoms with E-state index in [-0.39, 0.29) is 18.2 Å². The molecule has 0 saturated heterocycles. The number of aliphatic hydroxyl groups excluding tert-OH is 1. The predicted octanol–water partition coefficient (Wildman–Crippen LogP) is 2.87. The Hall–Kier alpha value is -1.75. The number of rotatable bonds is 7. The lowest BCUT2D eigenvalue weighted by Crippen LogP contribution is -2.40. The van der Waals surface area contributed by atoms with E-state index in [1.807, 2.05) is 38.1 Å². The average Bonchev–Trinajstić information content (AvgIpc) is 2.54. The Morgan fingerprint density at radius 3 is 2.67 bits per heavy atom. The van der Waals surface area contributed by atoms with Crippen molar-refractivity contribution in [1.82, 2.24) is 10.6 Å². The maximum atomic E-state index is 11.8. The van der Waals surface area contributed by atoms with Gasteiger partial charge in [-0.3, -0.25) is 0 Å². The van der Waals surface area contributed by atoms with Gasteiger partial charge in [-0.2, -0.15) is 0 Å². The molecule has 2 atom stereocenters. The molecule has 2 amide bonds. The third-order valence-corrected chi connectivity index (χ3v) is 4.30. The van der Waals surface area contributed by atoms with Crippen LogP contribution in [-0.4, -0.2) is 36.4 Å². The normalized spacial score (nSPS) is 20.7. The van der Waals surface area contributed by atoms with Crippen molar-refractivity contribution in [1.29, 1.82) is 0 Å². The smallest absolute Gasteiger partial charge is 0.314 e. The van der Waals surface area contributed by atoms with Gasteiger partial charge in [-0.1, -0.05) is 18.6 Å². The minimum Gasteiger partial charge on any atom is -0.491 e. The van der Waals surface area contributed by atoms with Gasteiger partial charge in [0.1, 0.15) is 5.75 Å². The number of carbonyl (C=O) groups excluding carboxylic acids is 1. The van der Waals surface area contributed by atoms with E-state index in [9.17, 15) is 9.90 Å². The first-order valence-electron chi connectivity index (χ1n) is 8.98. The summed E-state index contributed by atoms with van der Waals surface area (Å²) in [6.07, 6.45) is 4.59. The molecule has 0 heterocycles. The largest absolute Gasteiger partial charge is 0.491 e. The summed E-state index contributed by atoms with van der Waals surface area (Å²) in [6, 6.07) is 7.85. The van der Waals surface area contributed by atoms with Crippen LogP contribution in [0.5, 0.6) is 5.75 Å². The first-order chi connectivity index (χ1) is 11.5. The summed E-state index contributed by atoms with van der Waals surface area (Å²) in [5.41, 5.74) is 1.17. The molecule has 2 rings (SSSR count). The van der Waals surface area contributed by atoms with Gasteiger partial charge in [-0.25, -0.2) is 4.79 Å². The fourth-order valence-corrected chi connectivity index (χ4v) is 3.07. The molecule has 1 aromatic carbocycles. The topological polar surface area (TPSA) is 70.6 Å². The molecule has 1 aliphatic carbocycles. The van der Waals surface area contributed by atoms with Crippen LogP contribution in [-0.2, 0) is 6.42 Å². The van der Waals surface area contributed by atoms with E-state index in [4.69, 9.17) is 4.74 Å². The summed E-state index contributed by atoms with van der Waals surface area (Å²) in [7, 11) is 0. The van der Waals surface area contributed by atoms with Crippen molar-refractivity contribution in [3.05, 3.63) is 29.8 Å². The zero-order valence-corrected chi connectivity index (χ0v) is 14.8. The Kier molecular flexibility index (Phi) is 7.37. The van der Waals surface area contributed by atoms with Crippen LogP contribution in [0.25, 0.3) is 0 Å². The molecule has 5 nitrogen and oxygen atoms in total. The SMILES string of the molecule is CC(C)Oc1ccc(CCNC(=O)NCC2CCCC(O)C2)cc1. The van der Waals surface area contributed by atoms with Crippen molar-refractivity contribution in [2.24, 2.45) is 5.92 Å². The van der Waals surface area contributed by atoms with Crippen LogP contribution in [0.15, 0.2) is 24.3 Å². The van der Waals surface area contributed by atoms with Crippen LogP contribution in [0.3, 0.4) is 0 Å². The second kappa shape index (κ2) is 9.52. The van der Waals surface area contributed by atoms with Gasteiger partial charge >= 0.3 is 6.03 Å². The fourth-order valence-electron chi connectivity index (χ4n) is 3.07. The second-order valence-corrected chi connectivity index (χ2v) is 6.88. The van der Waals surface area contributed by atoms with E-state index in [1.165, 1.54) is 5.56 Å². The monoisotopic (exact) mass is 334 g/mol. The van der Waals surface area contributed by atoms with Gasteiger partial charge in [0.05, 0.1) is 12.2 Å². The van der Waals surface area contributed by atoms with Gasteiger partial charge in [-0.15, -0.1) is 0 Å². The molecule has 0 bridgehead atoms. The molecule has 0 aromatic heterocycles. The third kappa shape index (κ3) is 6.79. The number of hydrogen-bond acceptors (Lipinski definition) is 3. The summed E-state index contributed by atoms with van der Waals surface area (Å²) in [5, 5.41) is 15.4. The van der Waals surface area contributed by atoms with Crippen LogP contribution in [0, 0.1) is 5.92 Å². The van der Waals surface area contributed by atoms with Crippen molar-refractivity contribution in [3.63, 3.8) is 0 Å². The molecule has 0 spiro atoms. The van der Waals surface area contributed by atoms with E-state index in [0.29, 0.717) is 19.0 Å². The van der Waals surface area contributed by atoms with Crippen LogP contribution < -0.4 is 15.4 Å². The van der Waals surface area contributed by atoms with Crippen LogP contribution in [0.2, 0.25) is 0 Å². The first kappa shape index (κ1) is 18.6. The Bertz CT molecular complexity index is 502. The van der Waals surface area contributed by atoms with Crippen molar-refractivity contribution >= 4 is 6.03 Å². The standard InChI is InChI=1S/C19H30N2O3/c1-14(2)24-18-8-6-15(7-9-18)10-11-20-19(23)21-13-16-4-3-5-17(22)12-16/h6-9,14,16-17,22H,3-5,10-13H2,1-2H3,(H2,20,21,23). The maximum absolute atomic E-state index is 11.8. The third-order valence-electron chi connectivity index (χ3n) is 4.30. The highest BCUT2D eigenvalue weighted by molar-refractivity contribution is 5.73. The molecule has 2 unspecified atom stereocenters. The first-order valence-corrected chi connectivity index (χ1v) is 8.98. The Morgan fingerprint density at radius 1 is 1.25 bits per heavy atom. The molecule has 134 valence electrons. The molecule has 0 aliphatic heterocycles. The number of benzene rings is 1. The van der Waals surface area contributed by atoms with Crippen molar-refractivity contribution in [2.45, 2.75) is 58.2 Å². The highest BCUT2D eigenvalue weighted by atomic mass is 16.5. The number of nitrogens with one attached hydrogen (secondary N) is 2. The molecule has 24 heavy (non-hydrogen) atoms. The summed E-state index contributed by atoms with van der Waals surface area (Å²) in [5.74, 6) is 1.27. The van der Waals surface area contributed by atoms with Crippen molar-refractivity contribution in [2.75, 3.05) is 13.1 Å². The molecule has 3 N–H and O–H groups in total. The number of ether oxygens (including phenoxy) is 1. The fraction of sp³-hybridized carbons (Fsp3) is 0.632. The van der Waals surface area contributed by atoms with Crippen molar-refractivity contribution < 1.29 is 14.6 Å². The zero-order chi connectivity index (χ0) is 17.4. The van der Waals surface area contributed by atoms with Gasteiger partial charge in [-0.05, 0) is 63.1 Å². The Morgan fingerprint density at radius 2 is 2.00 bits per heavy atom. The molecule has 5 heteroatoms. The summed E-state index contributed by atoms with van der Waals surface area (Å²) in [4.78, 5) is 11.8. The van der Waals surface area contributed by atoms with Gasteiger partial charge in [0, 0.05) is 13.1 Å². The summed E-state index contributed by atoms with van der Waals surface area (Å²) < 4.78 is 5.61. The number of urea groups is 1. The highest BCUT2D eigenvalue weighted by Gasteiger charge is 2.20. The van der Waals surface area contributed by atoms with Crippen molar-refractivity contribution in [3.8, 4) is 5.75 Å². The van der Waals surface area contributed by atoms with E-state index in [2.05, 4.69) is 10.6 Å². The average molecular weight is 334 g/mol. The highest BCUT2D eigenvalue weighted by Crippen LogP contribution is 2.23. The maximum Gasteiger partial charge on any atom is 0.314 e. The number of aliphatic hydroxyl groups is 1.